The van der Waals surface area contributed by atoms with Crippen LogP contribution < -0.4 is 5.32 Å². The zero-order valence-corrected chi connectivity index (χ0v) is 27.9. The fourth-order valence-electron chi connectivity index (χ4n) is 5.78. The lowest BCUT2D eigenvalue weighted by Crippen LogP contribution is -2.31. The number of carbonyl (C=O) groups is 2. The second kappa shape index (κ2) is 16.1. The number of hydrogen-bond acceptors (Lipinski definition) is 6. The Labute approximate surface area is 299 Å². The van der Waals surface area contributed by atoms with Gasteiger partial charge >= 0.3 is 5.97 Å². The third-order valence-corrected chi connectivity index (χ3v) is 9.67. The molecule has 0 saturated carbocycles. The number of amides is 1. The van der Waals surface area contributed by atoms with Gasteiger partial charge in [0.05, 0.1) is 24.4 Å². The van der Waals surface area contributed by atoms with Gasteiger partial charge in [0, 0.05) is 29.2 Å². The Hall–Kier alpha value is -5.08. The van der Waals surface area contributed by atoms with Gasteiger partial charge in [0.2, 0.25) is 5.82 Å². The Morgan fingerprint density at radius 3 is 2.08 bits per heavy atom. The highest BCUT2D eigenvalue weighted by Gasteiger charge is 2.33. The second-order valence-electron chi connectivity index (χ2n) is 11.9. The summed E-state index contributed by atoms with van der Waals surface area (Å²) in [5, 5.41) is 21.4. The van der Waals surface area contributed by atoms with E-state index >= 15 is 0 Å². The van der Waals surface area contributed by atoms with Crippen LogP contribution in [0.5, 0.6) is 0 Å². The van der Waals surface area contributed by atoms with Crippen molar-refractivity contribution in [2.45, 2.75) is 43.0 Å². The number of hydrogen-bond donors (Lipinski definition) is 3. The molecule has 0 bridgehead atoms. The average molecular weight is 736 g/mol. The predicted molar refractivity (Wildman–Crippen MR) is 182 cm³/mol. The Morgan fingerprint density at radius 1 is 0.731 bits per heavy atom. The molecule has 5 aromatic rings. The molecule has 1 aliphatic heterocycles. The summed E-state index contributed by atoms with van der Waals surface area (Å²) in [6.07, 6.45) is -1.07. The maximum Gasteiger partial charge on any atom is 0.336 e. The molecule has 52 heavy (non-hydrogen) atoms. The quantitative estimate of drug-likeness (QED) is 0.0541. The Balaban J connectivity index is 1.21. The van der Waals surface area contributed by atoms with Gasteiger partial charge in [-0.05, 0) is 52.1 Å². The van der Waals surface area contributed by atoms with Crippen LogP contribution in [0, 0.1) is 29.1 Å². The van der Waals surface area contributed by atoms with E-state index in [-0.39, 0.29) is 30.9 Å². The maximum atomic E-state index is 14.2. The normalized spacial score (nSPS) is 17.2. The second-order valence-corrected chi connectivity index (χ2v) is 13.0. The average Bonchev–Trinajstić information content (AvgIpc) is 3.18. The molecule has 6 rings (SSSR count). The third-order valence-electron chi connectivity index (χ3n) is 8.47. The molecular weight excluding hydrogens is 705 g/mol. The molecule has 0 aromatic heterocycles. The van der Waals surface area contributed by atoms with Crippen LogP contribution >= 0.6 is 11.8 Å². The summed E-state index contributed by atoms with van der Waals surface area (Å²) in [4.78, 5) is 24.9. The summed E-state index contributed by atoms with van der Waals surface area (Å²) in [5.74, 6) is -13.3. The highest BCUT2D eigenvalue weighted by atomic mass is 32.2. The number of rotatable bonds is 11. The van der Waals surface area contributed by atoms with Crippen LogP contribution in [-0.2, 0) is 22.6 Å². The van der Waals surface area contributed by atoms with Crippen LogP contribution in [0.15, 0.2) is 102 Å². The number of benzene rings is 5. The van der Waals surface area contributed by atoms with Gasteiger partial charge in [-0.1, -0.05) is 72.8 Å². The summed E-state index contributed by atoms with van der Waals surface area (Å²) in [6, 6.07) is 28.3. The minimum Gasteiger partial charge on any atom is -0.478 e. The van der Waals surface area contributed by atoms with E-state index in [0.717, 1.165) is 16.7 Å². The summed E-state index contributed by atoms with van der Waals surface area (Å²) in [7, 11) is 0. The van der Waals surface area contributed by atoms with Gasteiger partial charge in [0.25, 0.3) is 5.91 Å². The number of aromatic carboxylic acids is 1. The van der Waals surface area contributed by atoms with E-state index in [1.54, 1.807) is 48.5 Å². The molecule has 268 valence electrons. The van der Waals surface area contributed by atoms with Crippen molar-refractivity contribution in [1.29, 1.82) is 0 Å². The van der Waals surface area contributed by atoms with Gasteiger partial charge in [0.1, 0.15) is 5.56 Å². The number of nitrogens with one attached hydrogen (secondary N) is 1. The lowest BCUT2D eigenvalue weighted by molar-refractivity contribution is -0.245. The van der Waals surface area contributed by atoms with Crippen LogP contribution in [0.3, 0.4) is 0 Å². The van der Waals surface area contributed by atoms with Crippen LogP contribution in [0.1, 0.15) is 61.8 Å². The monoisotopic (exact) mass is 735 g/mol. The maximum absolute atomic E-state index is 14.2. The van der Waals surface area contributed by atoms with E-state index in [0.29, 0.717) is 33.8 Å². The molecule has 3 atom stereocenters. The van der Waals surface area contributed by atoms with Crippen LogP contribution in [-0.4, -0.2) is 33.9 Å². The highest BCUT2D eigenvalue weighted by molar-refractivity contribution is 7.99. The van der Waals surface area contributed by atoms with Crippen molar-refractivity contribution < 1.29 is 51.2 Å². The molecule has 7 nitrogen and oxygen atoms in total. The molecule has 1 heterocycles. The molecule has 0 radical (unpaired) electrons. The summed E-state index contributed by atoms with van der Waals surface area (Å²) in [6.45, 7) is -0.382. The molecular formula is C39H30F5NO6S. The largest absolute Gasteiger partial charge is 0.478 e. The molecule has 3 N–H and O–H groups in total. The molecule has 0 aliphatic carbocycles. The number of carboxylic acid groups (broad SMARTS) is 1. The highest BCUT2D eigenvalue weighted by Crippen LogP contribution is 2.40. The smallest absolute Gasteiger partial charge is 0.336 e. The van der Waals surface area contributed by atoms with Crippen LogP contribution in [0.25, 0.3) is 11.1 Å². The van der Waals surface area contributed by atoms with Gasteiger partial charge in [-0.15, -0.1) is 11.8 Å². The van der Waals surface area contributed by atoms with Crippen molar-refractivity contribution in [3.05, 3.63) is 160 Å². The number of ether oxygens (including phenoxy) is 2. The number of thioether (sulfide) groups is 1. The molecule has 0 spiro atoms. The fraction of sp³-hybridized carbons (Fsp3) is 0.179. The van der Waals surface area contributed by atoms with Crippen molar-refractivity contribution in [3.63, 3.8) is 0 Å². The summed E-state index contributed by atoms with van der Waals surface area (Å²) >= 11 is 1.37. The lowest BCUT2D eigenvalue weighted by atomic mass is 9.99. The predicted octanol–water partition coefficient (Wildman–Crippen LogP) is 8.51. The van der Waals surface area contributed by atoms with Crippen molar-refractivity contribution in [2.75, 3.05) is 5.75 Å². The minimum atomic E-state index is -2.35. The van der Waals surface area contributed by atoms with E-state index in [2.05, 4.69) is 5.32 Å². The van der Waals surface area contributed by atoms with Crippen LogP contribution in [0.2, 0.25) is 0 Å². The lowest BCUT2D eigenvalue weighted by Gasteiger charge is -2.36. The summed E-state index contributed by atoms with van der Waals surface area (Å²) in [5.41, 5.74) is 2.83. The van der Waals surface area contributed by atoms with E-state index in [1.807, 2.05) is 48.5 Å². The fourth-order valence-corrected chi connectivity index (χ4v) is 6.84. The topological polar surface area (TPSA) is 105 Å². The van der Waals surface area contributed by atoms with Gasteiger partial charge in [-0.2, -0.15) is 0 Å². The molecule has 1 saturated heterocycles. The van der Waals surface area contributed by atoms with E-state index in [9.17, 15) is 41.8 Å². The van der Waals surface area contributed by atoms with Crippen molar-refractivity contribution in [1.82, 2.24) is 5.32 Å². The first-order chi connectivity index (χ1) is 25.0. The first kappa shape index (κ1) is 36.7. The van der Waals surface area contributed by atoms with Crippen molar-refractivity contribution in [2.24, 2.45) is 0 Å². The number of carboxylic acids is 1. The first-order valence-corrected chi connectivity index (χ1v) is 17.0. The number of carbonyl (C=O) groups excluding carboxylic acids is 1. The molecule has 0 unspecified atom stereocenters. The van der Waals surface area contributed by atoms with Gasteiger partial charge in [-0.25, -0.2) is 26.7 Å². The molecule has 13 heteroatoms. The van der Waals surface area contributed by atoms with Gasteiger partial charge in [-0.3, -0.25) is 4.79 Å². The van der Waals surface area contributed by atoms with Crippen LogP contribution in [0.4, 0.5) is 22.0 Å². The molecule has 1 aliphatic rings. The Morgan fingerprint density at radius 2 is 1.38 bits per heavy atom. The summed E-state index contributed by atoms with van der Waals surface area (Å²) < 4.78 is 82.0. The third kappa shape index (κ3) is 8.02. The number of aliphatic hydroxyl groups is 1. The minimum absolute atomic E-state index is 0.106. The van der Waals surface area contributed by atoms with E-state index in [1.165, 1.54) is 11.8 Å². The first-order valence-electron chi connectivity index (χ1n) is 16.0. The molecule has 1 amide bonds. The van der Waals surface area contributed by atoms with Gasteiger partial charge in [0.15, 0.2) is 29.6 Å². The Bertz CT molecular complexity index is 2090. The standard InChI is InChI=1S/C39H30F5NO6S/c40-32-31(33(41)35(43)36(44)34(32)42)37(47)45-18-22-5-3-6-24(15-22)25-7-4-8-26(16-25)39-50-27(20-52-30-10-2-1-9-28(30)38(48)49)17-29(51-39)23-13-11-21(19-46)12-14-23/h1-16,27,29,39,46H,17-20H2,(H,45,47)(H,48,49)/t27-,29+,39+/m0/s1. The SMILES string of the molecule is O=C(O)c1ccccc1SC[C@@H]1C[C@H](c2ccc(CO)cc2)O[C@H](c2cccc(-c3cccc(CNC(=O)c4c(F)c(F)c(F)c(F)c4F)c3)c2)O1. The van der Waals surface area contributed by atoms with Crippen molar-refractivity contribution in [3.8, 4) is 11.1 Å². The van der Waals surface area contributed by atoms with Crippen molar-refractivity contribution >= 4 is 23.6 Å². The zero-order chi connectivity index (χ0) is 36.9. The zero-order valence-electron chi connectivity index (χ0n) is 27.1. The molecule has 1 fully saturated rings. The Kier molecular flexibility index (Phi) is 11.3. The number of halogens is 5. The van der Waals surface area contributed by atoms with E-state index in [4.69, 9.17) is 9.47 Å². The molecule has 5 aromatic carbocycles. The van der Waals surface area contributed by atoms with E-state index < -0.39 is 52.8 Å². The number of aliphatic hydroxyl groups excluding tert-OH is 1. The van der Waals surface area contributed by atoms with Gasteiger partial charge < -0.3 is 25.0 Å².